The van der Waals surface area contributed by atoms with Crippen molar-refractivity contribution in [3.8, 4) is 0 Å². The summed E-state index contributed by atoms with van der Waals surface area (Å²) in [7, 11) is -11.3. The molecule has 1 aromatic heterocycles. The van der Waals surface area contributed by atoms with E-state index in [2.05, 4.69) is 28.4 Å². The van der Waals surface area contributed by atoms with Crippen LogP contribution in [0.5, 0.6) is 0 Å². The van der Waals surface area contributed by atoms with Gasteiger partial charge < -0.3 is 50.2 Å². The van der Waals surface area contributed by atoms with E-state index in [1.807, 2.05) is 6.92 Å². The summed E-state index contributed by atoms with van der Waals surface area (Å²) in [6.07, 6.45) is 15.3. The molecule has 0 spiro atoms. The summed E-state index contributed by atoms with van der Waals surface area (Å²) in [6.45, 7) is 1.42. The highest BCUT2D eigenvalue weighted by Crippen LogP contribution is 2.60. The Hall–Kier alpha value is -3.43. The lowest BCUT2D eigenvalue weighted by atomic mass is 9.83. The molecule has 8 N–H and O–H groups in total. The first kappa shape index (κ1) is 63.9. The Kier molecular flexibility index (Phi) is 30.6. The Morgan fingerprint density at radius 2 is 1.49 bits per heavy atom. The van der Waals surface area contributed by atoms with Crippen LogP contribution in [-0.2, 0) is 51.1 Å². The molecular formula is C50H83N3O18P2. The Morgan fingerprint density at radius 3 is 2.16 bits per heavy atom. The lowest BCUT2D eigenvalue weighted by Gasteiger charge is -2.38. The SMILES string of the molecule is CCCCCCCC/C=C\CCCCCCCC(=O)O[C@@H]1COC(=O)CCC/C=C\C[C@H]2C(=O)C[C@@H](O)[C@H](/C=C/[C@@H](O)CCCCC)[C@H](O)[C@H](O)[C@@H](COP(=O)(O)OP(=O)(O)OC1)O[C@H]2n1ccc(N)nc1=O. The molecule has 0 saturated carbocycles. The van der Waals surface area contributed by atoms with Crippen LogP contribution in [0.3, 0.4) is 0 Å². The summed E-state index contributed by atoms with van der Waals surface area (Å²) in [4.78, 5) is 78.4. The molecule has 23 heteroatoms. The number of aliphatic hydroxyl groups excluding tert-OH is 4. The van der Waals surface area contributed by atoms with Crippen LogP contribution in [0, 0.1) is 11.8 Å². The van der Waals surface area contributed by atoms with Crippen molar-refractivity contribution < 1.29 is 81.3 Å². The zero-order valence-electron chi connectivity index (χ0n) is 42.6. The summed E-state index contributed by atoms with van der Waals surface area (Å²) in [5.41, 5.74) is 4.72. The normalized spacial score (nSPS) is 29.6. The molecule has 3 heterocycles. The molecule has 2 aliphatic heterocycles. The van der Waals surface area contributed by atoms with Gasteiger partial charge in [0, 0.05) is 31.4 Å². The van der Waals surface area contributed by atoms with E-state index < -0.39 is 120 Å². The second kappa shape index (κ2) is 35.0. The number of carbonyl (C=O) groups excluding carboxylic acids is 3. The van der Waals surface area contributed by atoms with E-state index in [1.165, 1.54) is 56.7 Å². The molecular weight excluding hydrogens is 993 g/mol. The number of hydrogen-bond acceptors (Lipinski definition) is 18. The van der Waals surface area contributed by atoms with Gasteiger partial charge in [0.15, 0.2) is 6.10 Å². The van der Waals surface area contributed by atoms with E-state index in [1.54, 1.807) is 12.2 Å². The van der Waals surface area contributed by atoms with Crippen LogP contribution in [0.4, 0.5) is 5.82 Å². The molecule has 11 atom stereocenters. The number of nitrogens with two attached hydrogens (primary N) is 1. The number of esters is 2. The Bertz CT molecular complexity index is 2040. The molecule has 2 aliphatic rings. The van der Waals surface area contributed by atoms with Gasteiger partial charge in [-0.2, -0.15) is 9.29 Å². The monoisotopic (exact) mass is 1080 g/mol. The third kappa shape index (κ3) is 25.8. The topological polar surface area (TPSA) is 323 Å². The van der Waals surface area contributed by atoms with E-state index in [4.69, 9.17) is 29.0 Å². The zero-order chi connectivity index (χ0) is 53.7. The number of rotatable bonds is 23. The molecule has 73 heavy (non-hydrogen) atoms. The maximum Gasteiger partial charge on any atom is 0.481 e. The van der Waals surface area contributed by atoms with Crippen molar-refractivity contribution in [1.29, 1.82) is 0 Å². The number of cyclic esters (lactones) is 1. The predicted molar refractivity (Wildman–Crippen MR) is 271 cm³/mol. The predicted octanol–water partition coefficient (Wildman–Crippen LogP) is 7.37. The Labute approximate surface area is 429 Å². The average Bonchev–Trinajstić information content (AvgIpc) is 3.33. The summed E-state index contributed by atoms with van der Waals surface area (Å²) in [6, 6.07) is 1.21. The number of aromatic nitrogens is 2. The van der Waals surface area contributed by atoms with Gasteiger partial charge in [-0.15, -0.1) is 0 Å². The fourth-order valence-electron chi connectivity index (χ4n) is 8.35. The molecule has 0 amide bonds. The van der Waals surface area contributed by atoms with E-state index in [0.717, 1.165) is 62.1 Å². The zero-order valence-corrected chi connectivity index (χ0v) is 44.4. The summed E-state index contributed by atoms with van der Waals surface area (Å²) >= 11 is 0. The van der Waals surface area contributed by atoms with E-state index >= 15 is 0 Å². The maximum atomic E-state index is 14.3. The molecule has 1 fully saturated rings. The number of unbranched alkanes of at least 4 members (excludes halogenated alkanes) is 13. The molecule has 21 nitrogen and oxygen atoms in total. The van der Waals surface area contributed by atoms with Gasteiger partial charge in [-0.25, -0.2) is 13.9 Å². The lowest BCUT2D eigenvalue weighted by Crippen LogP contribution is -2.51. The average molecular weight is 1080 g/mol. The number of ether oxygens (including phenoxy) is 3. The summed E-state index contributed by atoms with van der Waals surface area (Å²) in [5.74, 6) is -5.16. The number of aliphatic hydroxyl groups is 4. The number of ketones is 1. The molecule has 0 radical (unpaired) electrons. The van der Waals surface area contributed by atoms with Crippen molar-refractivity contribution in [2.24, 2.45) is 11.8 Å². The Morgan fingerprint density at radius 1 is 0.863 bits per heavy atom. The van der Waals surface area contributed by atoms with Gasteiger partial charge >= 0.3 is 33.3 Å². The first-order chi connectivity index (χ1) is 34.9. The molecule has 0 aliphatic carbocycles. The number of allylic oxidation sites excluding steroid dienone is 4. The van der Waals surface area contributed by atoms with Crippen LogP contribution in [0.2, 0.25) is 0 Å². The van der Waals surface area contributed by atoms with E-state index in [9.17, 15) is 58.5 Å². The minimum absolute atomic E-state index is 0.0144. The van der Waals surface area contributed by atoms with Crippen molar-refractivity contribution in [2.45, 2.75) is 204 Å². The van der Waals surface area contributed by atoms with Crippen molar-refractivity contribution in [2.75, 3.05) is 25.6 Å². The molecule has 2 bridgehead atoms. The van der Waals surface area contributed by atoms with Gasteiger partial charge in [-0.05, 0) is 63.9 Å². The first-order valence-corrected chi connectivity index (χ1v) is 29.1. The molecule has 1 saturated heterocycles. The highest BCUT2D eigenvalue weighted by atomic mass is 31.3. The number of nitrogen functional groups attached to an aromatic ring is 1. The van der Waals surface area contributed by atoms with E-state index in [0.29, 0.717) is 19.3 Å². The maximum absolute atomic E-state index is 14.3. The van der Waals surface area contributed by atoms with Gasteiger partial charge in [-0.1, -0.05) is 121 Å². The third-order valence-corrected chi connectivity index (χ3v) is 15.1. The fraction of sp³-hybridized carbons (Fsp3) is 0.740. The highest BCUT2D eigenvalue weighted by Gasteiger charge is 2.45. The van der Waals surface area contributed by atoms with Crippen LogP contribution in [0.15, 0.2) is 53.5 Å². The number of phosphoric ester groups is 2. The summed E-state index contributed by atoms with van der Waals surface area (Å²) < 4.78 is 58.9. The van der Waals surface area contributed by atoms with Crippen molar-refractivity contribution >= 4 is 39.2 Å². The van der Waals surface area contributed by atoms with E-state index in [-0.39, 0.29) is 37.9 Å². The van der Waals surface area contributed by atoms with Crippen molar-refractivity contribution in [1.82, 2.24) is 9.55 Å². The minimum atomic E-state index is -5.73. The van der Waals surface area contributed by atoms with Crippen molar-refractivity contribution in [3.05, 3.63) is 59.2 Å². The fourth-order valence-corrected chi connectivity index (χ4v) is 10.5. The summed E-state index contributed by atoms with van der Waals surface area (Å²) in [5, 5.41) is 45.5. The quantitative estimate of drug-likeness (QED) is 0.0243. The number of Topliss-reactive ketones (excluding diaryl/α,β-unsaturated/α-hetero) is 1. The Balaban J connectivity index is 1.81. The van der Waals surface area contributed by atoms with Crippen LogP contribution >= 0.6 is 15.6 Å². The van der Waals surface area contributed by atoms with Gasteiger partial charge in [0.05, 0.1) is 37.4 Å². The molecule has 2 unspecified atom stereocenters. The number of fused-ring (bicyclic) bond motifs is 3. The van der Waals surface area contributed by atoms with Crippen LogP contribution in [0.1, 0.15) is 168 Å². The number of nitrogens with zero attached hydrogens (tertiary/aromatic N) is 2. The number of hydrogen-bond donors (Lipinski definition) is 7. The highest BCUT2D eigenvalue weighted by molar-refractivity contribution is 7.61. The minimum Gasteiger partial charge on any atom is -0.462 e. The molecule has 0 aromatic carbocycles. The van der Waals surface area contributed by atoms with Crippen LogP contribution < -0.4 is 11.4 Å². The first-order valence-electron chi connectivity index (χ1n) is 26.1. The van der Waals surface area contributed by atoms with Gasteiger partial charge in [0.25, 0.3) is 0 Å². The standard InChI is InChI=1S/C50H83N3O18P2/c1-3-5-7-8-9-10-11-12-13-14-15-16-17-18-24-28-46(58)69-38-34-66-45(57)27-23-20-19-22-26-40-42(56)33-41(55)39(30-29-37(54)25-21-6-4-2)47(59)48(60)43(36-68-73(64,65)71-72(62,63)67-35-38)70-49(40)53-32-31-44(51)52-50(53)61/h12-13,19,22,29-32,37-41,43,47-49,54-55,59-60H,3-11,14-18,20-21,23-28,33-36H2,1-2H3,(H,62,63)(H,64,65)(H2,51,52,61)/b13-12-,22-19-,30-29+/t37-,38+,39-,40-,41+,43+,47-,48+,49+/m0/s1. The number of phosphoric acid groups is 2. The second-order valence-corrected chi connectivity index (χ2v) is 21.8. The second-order valence-electron chi connectivity index (χ2n) is 18.8. The van der Waals surface area contributed by atoms with Crippen molar-refractivity contribution in [3.63, 3.8) is 0 Å². The molecule has 3 rings (SSSR count). The van der Waals surface area contributed by atoms with Gasteiger partial charge in [0.2, 0.25) is 0 Å². The van der Waals surface area contributed by atoms with Crippen LogP contribution in [-0.4, -0.2) is 114 Å². The molecule has 416 valence electrons. The lowest BCUT2D eigenvalue weighted by molar-refractivity contribution is -0.183. The number of anilines is 1. The van der Waals surface area contributed by atoms with Gasteiger partial charge in [-0.3, -0.25) is 28.0 Å². The van der Waals surface area contributed by atoms with Gasteiger partial charge in [0.1, 0.15) is 36.6 Å². The smallest absolute Gasteiger partial charge is 0.462 e. The molecule has 1 aromatic rings. The van der Waals surface area contributed by atoms with Crippen LogP contribution in [0.25, 0.3) is 0 Å². The third-order valence-electron chi connectivity index (χ3n) is 12.5. The number of carbonyl (C=O) groups is 3. The largest absolute Gasteiger partial charge is 0.481 e.